The summed E-state index contributed by atoms with van der Waals surface area (Å²) in [5.74, 6) is 0.703. The topological polar surface area (TPSA) is 144 Å². The van der Waals surface area contributed by atoms with Gasteiger partial charge in [-0.05, 0) is 38.4 Å². The van der Waals surface area contributed by atoms with Crippen LogP contribution in [0.15, 0.2) is 18.3 Å². The van der Waals surface area contributed by atoms with E-state index in [4.69, 9.17) is 4.74 Å². The molecule has 0 aromatic carbocycles. The van der Waals surface area contributed by atoms with Gasteiger partial charge in [0.25, 0.3) is 0 Å². The number of likely N-dealkylation sites (N-methyl/N-ethyl adjacent to an activating group) is 1. The molecule has 4 heterocycles. The number of hydrogen-bond donors (Lipinski definition) is 2. The second-order valence-electron chi connectivity index (χ2n) is 9.60. The van der Waals surface area contributed by atoms with Gasteiger partial charge in [0, 0.05) is 57.2 Å². The van der Waals surface area contributed by atoms with E-state index in [2.05, 4.69) is 26.7 Å². The van der Waals surface area contributed by atoms with Crippen molar-refractivity contribution in [1.82, 2.24) is 19.8 Å². The molecule has 2 aromatic rings. The van der Waals surface area contributed by atoms with Gasteiger partial charge in [-0.3, -0.25) is 24.7 Å². The van der Waals surface area contributed by atoms with Crippen LogP contribution in [0, 0.1) is 11.3 Å². The quantitative estimate of drug-likeness (QED) is 0.498. The van der Waals surface area contributed by atoms with Crippen molar-refractivity contribution in [2.24, 2.45) is 0 Å². The molecule has 1 unspecified atom stereocenters. The fourth-order valence-electron chi connectivity index (χ4n) is 4.65. The van der Waals surface area contributed by atoms with Crippen LogP contribution in [0.2, 0.25) is 0 Å². The summed E-state index contributed by atoms with van der Waals surface area (Å²) >= 11 is 0. The largest absolute Gasteiger partial charge is 0.383 e. The number of nitrogens with zero attached hydrogens (tertiary/aromatic N) is 6. The summed E-state index contributed by atoms with van der Waals surface area (Å²) in [6, 6.07) is 5.08. The van der Waals surface area contributed by atoms with Crippen LogP contribution in [-0.4, -0.2) is 91.0 Å². The number of anilines is 3. The predicted octanol–water partition coefficient (Wildman–Crippen LogP) is 1.87. The first kappa shape index (κ1) is 27.0. The number of nitriles is 1. The third-order valence-corrected chi connectivity index (χ3v) is 6.58. The number of urea groups is 1. The third kappa shape index (κ3) is 6.07. The number of aryl methyl sites for hydroxylation is 1. The normalized spacial score (nSPS) is 16.4. The summed E-state index contributed by atoms with van der Waals surface area (Å²) in [4.78, 5) is 51.6. The summed E-state index contributed by atoms with van der Waals surface area (Å²) in [6.45, 7) is 4.77. The maximum Gasteiger partial charge on any atom is 0.328 e. The van der Waals surface area contributed by atoms with Crippen LogP contribution in [0.3, 0.4) is 0 Å². The molecule has 0 aliphatic carbocycles. The molecule has 2 aliphatic rings. The number of carbonyl (C=O) groups excluding carboxylic acids is 3. The molecule has 0 saturated carbocycles. The predicted molar refractivity (Wildman–Crippen MR) is 141 cm³/mol. The van der Waals surface area contributed by atoms with Gasteiger partial charge in [-0.25, -0.2) is 14.8 Å². The van der Waals surface area contributed by atoms with Crippen LogP contribution in [0.1, 0.15) is 40.5 Å². The van der Waals surface area contributed by atoms with Gasteiger partial charge in [-0.1, -0.05) is 0 Å². The Bertz CT molecular complexity index is 1260. The Hall–Kier alpha value is -4.08. The van der Waals surface area contributed by atoms with E-state index in [1.165, 1.54) is 11.1 Å². The Kier molecular flexibility index (Phi) is 8.50. The number of methoxy groups -OCH3 is 1. The molecular weight excluding hydrogens is 488 g/mol. The Labute approximate surface area is 221 Å². The van der Waals surface area contributed by atoms with E-state index < -0.39 is 6.03 Å². The number of carbonyl (C=O) groups is 3. The number of amides is 3. The van der Waals surface area contributed by atoms with E-state index in [0.717, 1.165) is 18.5 Å². The Balaban J connectivity index is 1.54. The maximum absolute atomic E-state index is 13.3. The van der Waals surface area contributed by atoms with Crippen molar-refractivity contribution in [3.63, 3.8) is 0 Å². The summed E-state index contributed by atoms with van der Waals surface area (Å²) < 4.78 is 5.15. The van der Waals surface area contributed by atoms with Crippen LogP contribution in [-0.2, 0) is 22.5 Å². The zero-order valence-electron chi connectivity index (χ0n) is 21.9. The minimum atomic E-state index is -0.439. The van der Waals surface area contributed by atoms with Gasteiger partial charge in [-0.2, -0.15) is 5.26 Å². The molecule has 12 heteroatoms. The van der Waals surface area contributed by atoms with Crippen LogP contribution in [0.4, 0.5) is 22.1 Å². The molecule has 1 saturated heterocycles. The second kappa shape index (κ2) is 12.0. The van der Waals surface area contributed by atoms with Crippen molar-refractivity contribution < 1.29 is 19.1 Å². The van der Waals surface area contributed by atoms with Gasteiger partial charge in [-0.15, -0.1) is 0 Å². The molecule has 3 amide bonds. The minimum absolute atomic E-state index is 0.00899. The van der Waals surface area contributed by atoms with Crippen LogP contribution in [0.25, 0.3) is 0 Å². The summed E-state index contributed by atoms with van der Waals surface area (Å²) in [7, 11) is 3.50. The molecule has 0 spiro atoms. The first-order chi connectivity index (χ1) is 18.3. The second-order valence-corrected chi connectivity index (χ2v) is 9.60. The van der Waals surface area contributed by atoms with E-state index in [0.29, 0.717) is 68.1 Å². The van der Waals surface area contributed by atoms with E-state index >= 15 is 0 Å². The molecule has 1 fully saturated rings. The highest BCUT2D eigenvalue weighted by atomic mass is 16.5. The van der Waals surface area contributed by atoms with E-state index in [-0.39, 0.29) is 23.5 Å². The Morgan fingerprint density at radius 3 is 2.84 bits per heavy atom. The number of hydrogen-bond acceptors (Lipinski definition) is 9. The lowest BCUT2D eigenvalue weighted by atomic mass is 10.0. The number of piperazine rings is 1. The van der Waals surface area contributed by atoms with Crippen molar-refractivity contribution in [3.05, 3.63) is 40.7 Å². The van der Waals surface area contributed by atoms with Crippen molar-refractivity contribution >= 4 is 35.5 Å². The van der Waals surface area contributed by atoms with Crippen LogP contribution >= 0.6 is 0 Å². The van der Waals surface area contributed by atoms with E-state index in [9.17, 15) is 19.6 Å². The molecule has 0 radical (unpaired) electrons. The number of pyridine rings is 2. The number of aldehydes is 1. The average molecular weight is 521 g/mol. The molecule has 2 N–H and O–H groups in total. The number of rotatable bonds is 8. The van der Waals surface area contributed by atoms with Crippen molar-refractivity contribution in [2.75, 3.05) is 62.5 Å². The zero-order valence-corrected chi connectivity index (χ0v) is 21.9. The third-order valence-electron chi connectivity index (χ3n) is 6.58. The molecular formula is C26H32N8O4. The number of nitrogens with one attached hydrogen (secondary N) is 2. The fraction of sp³-hybridized carbons (Fsp3) is 0.462. The van der Waals surface area contributed by atoms with E-state index in [1.807, 2.05) is 24.9 Å². The molecule has 0 bridgehead atoms. The standard InChI is InChI=1S/C26H32N8O4/c1-17(16-38-3)29-21-10-23(28-12-20(21)11-27)31-26(37)34-6-4-5-18-9-19(22(15-35)30-25(18)34)13-33-8-7-32(2)14-24(33)36/h9-10,12,15,17H,4-8,13-14,16H2,1-3H3,(H2,28,29,31,37). The summed E-state index contributed by atoms with van der Waals surface area (Å²) in [6.07, 6.45) is 3.49. The van der Waals surface area contributed by atoms with Gasteiger partial charge in [0.2, 0.25) is 5.91 Å². The summed E-state index contributed by atoms with van der Waals surface area (Å²) in [5, 5.41) is 15.4. The SMILES string of the molecule is COCC(C)Nc1cc(NC(=O)N2CCCc3cc(CN4CCN(C)CC4=O)c(C=O)nc32)ncc1C#N. The van der Waals surface area contributed by atoms with Crippen LogP contribution in [0.5, 0.6) is 0 Å². The first-order valence-electron chi connectivity index (χ1n) is 12.5. The molecule has 1 atom stereocenters. The lowest BCUT2D eigenvalue weighted by molar-refractivity contribution is -0.136. The lowest BCUT2D eigenvalue weighted by Crippen LogP contribution is -2.48. The van der Waals surface area contributed by atoms with Crippen molar-refractivity contribution in [2.45, 2.75) is 32.4 Å². The minimum Gasteiger partial charge on any atom is -0.383 e. The van der Waals surface area contributed by atoms with Gasteiger partial charge in [0.15, 0.2) is 6.29 Å². The van der Waals surface area contributed by atoms with Crippen molar-refractivity contribution in [1.29, 1.82) is 5.26 Å². The number of fused-ring (bicyclic) bond motifs is 1. The van der Waals surface area contributed by atoms with Crippen LogP contribution < -0.4 is 15.5 Å². The van der Waals surface area contributed by atoms with Gasteiger partial charge < -0.3 is 15.0 Å². The smallest absolute Gasteiger partial charge is 0.328 e. The molecule has 4 rings (SSSR count). The maximum atomic E-state index is 13.3. The lowest BCUT2D eigenvalue weighted by Gasteiger charge is -2.33. The van der Waals surface area contributed by atoms with Gasteiger partial charge in [0.05, 0.1) is 24.4 Å². The monoisotopic (exact) mass is 520 g/mol. The van der Waals surface area contributed by atoms with Crippen molar-refractivity contribution in [3.8, 4) is 6.07 Å². The highest BCUT2D eigenvalue weighted by molar-refractivity contribution is 6.02. The zero-order chi connectivity index (χ0) is 27.2. The molecule has 38 heavy (non-hydrogen) atoms. The summed E-state index contributed by atoms with van der Waals surface area (Å²) in [5.41, 5.74) is 2.61. The first-order valence-corrected chi connectivity index (χ1v) is 12.5. The molecule has 2 aliphatic heterocycles. The van der Waals surface area contributed by atoms with E-state index in [1.54, 1.807) is 18.1 Å². The Morgan fingerprint density at radius 2 is 2.13 bits per heavy atom. The molecule has 2 aromatic heterocycles. The number of aromatic nitrogens is 2. The highest BCUT2D eigenvalue weighted by Gasteiger charge is 2.28. The number of ether oxygens (including phenoxy) is 1. The van der Waals surface area contributed by atoms with Gasteiger partial charge in [0.1, 0.15) is 23.4 Å². The molecule has 12 nitrogen and oxygen atoms in total. The highest BCUT2D eigenvalue weighted by Crippen LogP contribution is 2.29. The Morgan fingerprint density at radius 1 is 1.32 bits per heavy atom. The average Bonchev–Trinajstić information content (AvgIpc) is 2.89. The molecule has 200 valence electrons. The van der Waals surface area contributed by atoms with Gasteiger partial charge >= 0.3 is 6.03 Å². The fourth-order valence-corrected chi connectivity index (χ4v) is 4.65.